The van der Waals surface area contributed by atoms with Crippen LogP contribution >= 0.6 is 0 Å². The Labute approximate surface area is 328 Å². The molecule has 0 saturated heterocycles. The number of aliphatic hydroxyl groups excluding tert-OH is 1. The maximum atomic E-state index is 13.4. The maximum Gasteiger partial charge on any atom is 0.253 e. The van der Waals surface area contributed by atoms with Crippen LogP contribution in [0.3, 0.4) is 0 Å². The molecule has 17 nitrogen and oxygen atoms in total. The standard InChI is InChI=1S/C39H60N4O13/c1-29(2)33(38(49)42-34(5-3-4-6-35(40)46)39(50)41-31-9-7-30(28-44)8-10-31)27-32(45)13-15-51-17-19-53-21-23-55-25-26-56-24-22-54-20-18-52-16-14-43-36(47)11-12-37(43)48/h7-12,29,33-34,44H,3-6,13-28H2,1-2H3,(H2,40,46)(H,41,50)(H,42,49)/t33-,34-/m0/s1. The molecule has 1 aromatic rings. The first-order valence-corrected chi connectivity index (χ1v) is 19.1. The summed E-state index contributed by atoms with van der Waals surface area (Å²) in [4.78, 5) is 74.5. The van der Waals surface area contributed by atoms with Gasteiger partial charge in [-0.25, -0.2) is 0 Å². The molecular weight excluding hydrogens is 732 g/mol. The van der Waals surface area contributed by atoms with Crippen molar-refractivity contribution in [1.82, 2.24) is 10.2 Å². The number of hydrogen-bond donors (Lipinski definition) is 4. The fourth-order valence-electron chi connectivity index (χ4n) is 5.29. The first kappa shape index (κ1) is 48.0. The highest BCUT2D eigenvalue weighted by Gasteiger charge is 2.29. The molecule has 1 aliphatic heterocycles. The van der Waals surface area contributed by atoms with E-state index in [1.54, 1.807) is 24.3 Å². The third-order valence-electron chi connectivity index (χ3n) is 8.54. The number of amides is 5. The number of nitrogens with zero attached hydrogens (tertiary/aromatic N) is 1. The van der Waals surface area contributed by atoms with E-state index in [9.17, 15) is 33.9 Å². The number of imide groups is 1. The van der Waals surface area contributed by atoms with Gasteiger partial charge in [0, 0.05) is 43.0 Å². The van der Waals surface area contributed by atoms with Crippen LogP contribution in [0.2, 0.25) is 0 Å². The lowest BCUT2D eigenvalue weighted by molar-refractivity contribution is -0.137. The van der Waals surface area contributed by atoms with E-state index in [0.29, 0.717) is 90.2 Å². The lowest BCUT2D eigenvalue weighted by Gasteiger charge is -2.24. The van der Waals surface area contributed by atoms with Crippen molar-refractivity contribution in [3.63, 3.8) is 0 Å². The number of ether oxygens (including phenoxy) is 6. The molecule has 0 radical (unpaired) electrons. The lowest BCUT2D eigenvalue weighted by atomic mass is 9.88. The first-order chi connectivity index (χ1) is 27.0. The molecular formula is C39H60N4O13. The molecule has 1 aromatic carbocycles. The largest absolute Gasteiger partial charge is 0.392 e. The average Bonchev–Trinajstić information content (AvgIpc) is 3.49. The van der Waals surface area contributed by atoms with E-state index in [2.05, 4.69) is 10.6 Å². The van der Waals surface area contributed by atoms with Gasteiger partial charge >= 0.3 is 0 Å². The van der Waals surface area contributed by atoms with Crippen molar-refractivity contribution in [2.45, 2.75) is 65.0 Å². The number of aliphatic hydroxyl groups is 1. The summed E-state index contributed by atoms with van der Waals surface area (Å²) >= 11 is 0. The smallest absolute Gasteiger partial charge is 0.253 e. The number of hydrogen-bond acceptors (Lipinski definition) is 13. The normalized spacial score (nSPS) is 13.7. The fourth-order valence-corrected chi connectivity index (χ4v) is 5.29. The third kappa shape index (κ3) is 21.3. The molecule has 0 aliphatic carbocycles. The van der Waals surface area contributed by atoms with Crippen molar-refractivity contribution in [1.29, 1.82) is 0 Å². The van der Waals surface area contributed by atoms with Gasteiger partial charge in [0.15, 0.2) is 0 Å². The maximum absolute atomic E-state index is 13.4. The van der Waals surface area contributed by atoms with Gasteiger partial charge in [-0.1, -0.05) is 32.4 Å². The Bertz CT molecular complexity index is 1350. The second kappa shape index (κ2) is 29.2. The fraction of sp³-hybridized carbons (Fsp3) is 0.641. The zero-order valence-electron chi connectivity index (χ0n) is 32.7. The van der Waals surface area contributed by atoms with Gasteiger partial charge in [0.2, 0.25) is 17.7 Å². The van der Waals surface area contributed by atoms with Crippen molar-refractivity contribution in [3.05, 3.63) is 42.0 Å². The molecule has 2 rings (SSSR count). The summed E-state index contributed by atoms with van der Waals surface area (Å²) in [7, 11) is 0. The number of nitrogens with two attached hydrogens (primary N) is 1. The molecule has 0 unspecified atom stereocenters. The average molecular weight is 793 g/mol. The molecule has 17 heteroatoms. The van der Waals surface area contributed by atoms with Crippen LogP contribution in [0.4, 0.5) is 5.69 Å². The Morgan fingerprint density at radius 3 is 1.68 bits per heavy atom. The van der Waals surface area contributed by atoms with E-state index in [1.807, 2.05) is 13.8 Å². The van der Waals surface area contributed by atoms with E-state index in [4.69, 9.17) is 34.2 Å². The number of nitrogens with one attached hydrogen (secondary N) is 2. The van der Waals surface area contributed by atoms with Crippen LogP contribution < -0.4 is 16.4 Å². The highest BCUT2D eigenvalue weighted by molar-refractivity contribution is 6.12. The number of benzene rings is 1. The highest BCUT2D eigenvalue weighted by Crippen LogP contribution is 2.19. The summed E-state index contributed by atoms with van der Waals surface area (Å²) in [5.74, 6) is -2.89. The van der Waals surface area contributed by atoms with E-state index in [0.717, 1.165) is 4.90 Å². The lowest BCUT2D eigenvalue weighted by Crippen LogP contribution is -2.47. The van der Waals surface area contributed by atoms with E-state index >= 15 is 0 Å². The number of rotatable bonds is 34. The first-order valence-electron chi connectivity index (χ1n) is 19.1. The summed E-state index contributed by atoms with van der Waals surface area (Å²) in [6.07, 6.45) is 4.00. The Kier molecular flexibility index (Phi) is 25.0. The molecule has 56 heavy (non-hydrogen) atoms. The molecule has 1 heterocycles. The van der Waals surface area contributed by atoms with Gasteiger partial charge in [-0.05, 0) is 36.5 Å². The summed E-state index contributed by atoms with van der Waals surface area (Å²) in [5, 5.41) is 14.9. The third-order valence-corrected chi connectivity index (χ3v) is 8.54. The summed E-state index contributed by atoms with van der Waals surface area (Å²) in [6, 6.07) is 5.78. The van der Waals surface area contributed by atoms with Crippen molar-refractivity contribution in [2.75, 3.05) is 91.1 Å². The minimum atomic E-state index is -0.893. The number of ketones is 1. The number of anilines is 1. The topological polar surface area (TPSA) is 231 Å². The van der Waals surface area contributed by atoms with Gasteiger partial charge < -0.3 is 49.9 Å². The molecule has 0 aromatic heterocycles. The molecule has 1 aliphatic rings. The second-order valence-corrected chi connectivity index (χ2v) is 13.3. The molecule has 0 saturated carbocycles. The minimum absolute atomic E-state index is 0.00184. The molecule has 0 bridgehead atoms. The number of carbonyl (C=O) groups is 6. The van der Waals surface area contributed by atoms with Crippen LogP contribution in [-0.4, -0.2) is 137 Å². The van der Waals surface area contributed by atoms with Gasteiger partial charge in [0.05, 0.1) is 92.4 Å². The van der Waals surface area contributed by atoms with Crippen molar-refractivity contribution < 1.29 is 62.3 Å². The van der Waals surface area contributed by atoms with Crippen LogP contribution in [0.15, 0.2) is 36.4 Å². The number of carbonyl (C=O) groups excluding carboxylic acids is 6. The summed E-state index contributed by atoms with van der Waals surface area (Å²) < 4.78 is 32.7. The monoisotopic (exact) mass is 792 g/mol. The Morgan fingerprint density at radius 2 is 1.20 bits per heavy atom. The molecule has 5 N–H and O–H groups in total. The van der Waals surface area contributed by atoms with Crippen LogP contribution in [0, 0.1) is 11.8 Å². The second-order valence-electron chi connectivity index (χ2n) is 13.3. The molecule has 5 amide bonds. The zero-order chi connectivity index (χ0) is 41.0. The number of primary amides is 1. The van der Waals surface area contributed by atoms with Crippen LogP contribution in [0.1, 0.15) is 57.9 Å². The predicted molar refractivity (Wildman–Crippen MR) is 204 cm³/mol. The molecule has 0 spiro atoms. The quantitative estimate of drug-likeness (QED) is 0.0570. The Morgan fingerprint density at radius 1 is 0.696 bits per heavy atom. The number of unbranched alkanes of at least 4 members (excludes halogenated alkanes) is 1. The van der Waals surface area contributed by atoms with Gasteiger partial charge in [-0.2, -0.15) is 0 Å². The van der Waals surface area contributed by atoms with Crippen molar-refractivity contribution in [3.8, 4) is 0 Å². The van der Waals surface area contributed by atoms with Crippen LogP contribution in [0.5, 0.6) is 0 Å². The predicted octanol–water partition coefficient (Wildman–Crippen LogP) is 1.29. The summed E-state index contributed by atoms with van der Waals surface area (Å²) in [6.45, 7) is 7.87. The summed E-state index contributed by atoms with van der Waals surface area (Å²) in [5.41, 5.74) is 6.44. The van der Waals surface area contributed by atoms with Crippen LogP contribution in [-0.2, 0) is 63.8 Å². The minimum Gasteiger partial charge on any atom is -0.392 e. The van der Waals surface area contributed by atoms with Crippen molar-refractivity contribution in [2.24, 2.45) is 17.6 Å². The van der Waals surface area contributed by atoms with E-state index in [1.165, 1.54) is 12.2 Å². The van der Waals surface area contributed by atoms with Gasteiger partial charge in [0.25, 0.3) is 11.8 Å². The van der Waals surface area contributed by atoms with Gasteiger partial charge in [-0.15, -0.1) is 0 Å². The highest BCUT2D eigenvalue weighted by atomic mass is 16.6. The number of Topliss-reactive ketones (excluding diaryl/α,β-unsaturated/α-hetero) is 1. The molecule has 2 atom stereocenters. The SMILES string of the molecule is CC(C)[C@H](CC(=O)CCOCCOCCOCCOCCOCCOCCN1C(=O)C=CC1=O)C(=O)N[C@@H](CCCCC(N)=O)C(=O)Nc1ccc(CO)cc1. The molecule has 314 valence electrons. The van der Waals surface area contributed by atoms with Gasteiger partial charge in [-0.3, -0.25) is 33.7 Å². The Balaban J connectivity index is 1.52. The van der Waals surface area contributed by atoms with Crippen LogP contribution in [0.25, 0.3) is 0 Å². The van der Waals surface area contributed by atoms with Crippen molar-refractivity contribution >= 4 is 41.0 Å². The zero-order valence-corrected chi connectivity index (χ0v) is 32.7. The van der Waals surface area contributed by atoms with E-state index < -0.39 is 29.7 Å². The molecule has 0 fully saturated rings. The Hall–Kier alpha value is -4.10. The van der Waals surface area contributed by atoms with Gasteiger partial charge in [0.1, 0.15) is 11.8 Å². The van der Waals surface area contributed by atoms with E-state index in [-0.39, 0.29) is 75.6 Å².